The van der Waals surface area contributed by atoms with Crippen molar-refractivity contribution >= 4 is 17.5 Å². The van der Waals surface area contributed by atoms with Crippen LogP contribution in [0.15, 0.2) is 48.8 Å². The molecule has 8 nitrogen and oxygen atoms in total. The summed E-state index contributed by atoms with van der Waals surface area (Å²) in [6, 6.07) is 10.8. The molecule has 8 heteroatoms. The van der Waals surface area contributed by atoms with Crippen LogP contribution in [0.4, 0.5) is 11.6 Å². The van der Waals surface area contributed by atoms with Gasteiger partial charge in [-0.3, -0.25) is 9.78 Å². The van der Waals surface area contributed by atoms with Crippen LogP contribution in [0.5, 0.6) is 11.5 Å². The fraction of sp³-hybridized carbons (Fsp3) is 0.200. The number of pyridine rings is 1. The van der Waals surface area contributed by atoms with Crippen molar-refractivity contribution in [2.45, 2.75) is 13.5 Å². The maximum atomic E-state index is 12.5. The van der Waals surface area contributed by atoms with Crippen LogP contribution in [-0.4, -0.2) is 34.1 Å². The molecule has 2 N–H and O–H groups in total. The van der Waals surface area contributed by atoms with Crippen LogP contribution in [0.3, 0.4) is 0 Å². The molecular weight excluding hydrogens is 358 g/mol. The van der Waals surface area contributed by atoms with Crippen molar-refractivity contribution in [1.82, 2.24) is 20.3 Å². The molecule has 0 fully saturated rings. The molecule has 0 bridgehead atoms. The van der Waals surface area contributed by atoms with Crippen molar-refractivity contribution in [3.05, 3.63) is 65.7 Å². The molecule has 2 aromatic heterocycles. The van der Waals surface area contributed by atoms with E-state index in [2.05, 4.69) is 25.6 Å². The van der Waals surface area contributed by atoms with Crippen molar-refractivity contribution in [3.8, 4) is 11.5 Å². The zero-order valence-corrected chi connectivity index (χ0v) is 15.3. The van der Waals surface area contributed by atoms with Crippen molar-refractivity contribution < 1.29 is 14.3 Å². The number of amides is 1. The summed E-state index contributed by atoms with van der Waals surface area (Å²) in [5.41, 5.74) is 2.69. The van der Waals surface area contributed by atoms with E-state index in [0.717, 1.165) is 11.3 Å². The molecule has 1 aliphatic rings. The zero-order valence-electron chi connectivity index (χ0n) is 15.3. The number of aryl methyl sites for hydroxylation is 1. The number of hydrogen-bond donors (Lipinski definition) is 2. The quantitative estimate of drug-likeness (QED) is 0.705. The van der Waals surface area contributed by atoms with Crippen LogP contribution in [0.1, 0.15) is 21.7 Å². The first-order valence-corrected chi connectivity index (χ1v) is 8.87. The van der Waals surface area contributed by atoms with Crippen LogP contribution >= 0.6 is 0 Å². The van der Waals surface area contributed by atoms with Crippen LogP contribution in [0.25, 0.3) is 0 Å². The third-order valence-electron chi connectivity index (χ3n) is 4.09. The minimum absolute atomic E-state index is 0.271. The average molecular weight is 377 g/mol. The van der Waals surface area contributed by atoms with E-state index in [9.17, 15) is 4.79 Å². The van der Waals surface area contributed by atoms with Gasteiger partial charge in [0.25, 0.3) is 5.91 Å². The highest BCUT2D eigenvalue weighted by atomic mass is 16.6. The van der Waals surface area contributed by atoms with Crippen molar-refractivity contribution in [2.75, 3.05) is 18.5 Å². The molecule has 4 rings (SSSR count). The number of nitrogens with zero attached hydrogens (tertiary/aromatic N) is 3. The Labute approximate surface area is 162 Å². The second-order valence-corrected chi connectivity index (χ2v) is 6.24. The monoisotopic (exact) mass is 377 g/mol. The Hall–Kier alpha value is -3.68. The molecule has 1 aromatic carbocycles. The van der Waals surface area contributed by atoms with Gasteiger partial charge < -0.3 is 20.1 Å². The summed E-state index contributed by atoms with van der Waals surface area (Å²) in [6.07, 6.45) is 3.37. The lowest BCUT2D eigenvalue weighted by atomic mass is 10.2. The first kappa shape index (κ1) is 17.7. The van der Waals surface area contributed by atoms with Gasteiger partial charge in [-0.25, -0.2) is 9.97 Å². The lowest BCUT2D eigenvalue weighted by Gasteiger charge is -2.19. The van der Waals surface area contributed by atoms with E-state index in [1.54, 1.807) is 18.5 Å². The molecular formula is C20H19N5O3. The standard InChI is InChI=1S/C20H19N5O3/c1-13-10-16(19(26)22-12-14-4-6-21-7-5-14)25-20(23-13)24-15-2-3-17-18(11-15)28-9-8-27-17/h2-7,10-11H,8-9,12H2,1H3,(H,22,26)(H,23,24,25). The average Bonchev–Trinajstić information content (AvgIpc) is 2.72. The van der Waals surface area contributed by atoms with Gasteiger partial charge in [0.2, 0.25) is 5.95 Å². The Kier molecular flexibility index (Phi) is 5.01. The molecule has 3 heterocycles. The van der Waals surface area contributed by atoms with E-state index in [0.29, 0.717) is 48.6 Å². The minimum atomic E-state index is -0.271. The van der Waals surface area contributed by atoms with Gasteiger partial charge in [0.05, 0.1) is 0 Å². The number of hydrogen-bond acceptors (Lipinski definition) is 7. The van der Waals surface area contributed by atoms with Crippen molar-refractivity contribution in [3.63, 3.8) is 0 Å². The van der Waals surface area contributed by atoms with E-state index in [1.807, 2.05) is 37.3 Å². The first-order chi connectivity index (χ1) is 13.7. The number of benzene rings is 1. The Morgan fingerprint density at radius 2 is 1.82 bits per heavy atom. The van der Waals surface area contributed by atoms with Crippen molar-refractivity contribution in [1.29, 1.82) is 0 Å². The number of nitrogens with one attached hydrogen (secondary N) is 2. The molecule has 0 radical (unpaired) electrons. The Balaban J connectivity index is 1.48. The van der Waals surface area contributed by atoms with E-state index in [4.69, 9.17) is 9.47 Å². The second kappa shape index (κ2) is 7.91. The molecule has 0 atom stereocenters. The minimum Gasteiger partial charge on any atom is -0.486 e. The Bertz CT molecular complexity index is 994. The normalized spacial score (nSPS) is 12.3. The number of ether oxygens (including phenoxy) is 2. The third kappa shape index (κ3) is 4.17. The molecule has 142 valence electrons. The highest BCUT2D eigenvalue weighted by Crippen LogP contribution is 2.33. The first-order valence-electron chi connectivity index (χ1n) is 8.87. The molecule has 0 saturated heterocycles. The Morgan fingerprint density at radius 1 is 1.04 bits per heavy atom. The van der Waals surface area contributed by atoms with Gasteiger partial charge in [0.1, 0.15) is 18.9 Å². The van der Waals surface area contributed by atoms with Crippen LogP contribution < -0.4 is 20.1 Å². The number of carbonyl (C=O) groups is 1. The molecule has 0 spiro atoms. The molecule has 1 amide bonds. The summed E-state index contributed by atoms with van der Waals surface area (Å²) < 4.78 is 11.1. The fourth-order valence-electron chi connectivity index (χ4n) is 2.76. The highest BCUT2D eigenvalue weighted by Gasteiger charge is 2.14. The number of carbonyl (C=O) groups excluding carboxylic acids is 1. The third-order valence-corrected chi connectivity index (χ3v) is 4.09. The summed E-state index contributed by atoms with van der Waals surface area (Å²) in [7, 11) is 0. The summed E-state index contributed by atoms with van der Waals surface area (Å²) in [4.78, 5) is 25.1. The van der Waals surface area contributed by atoms with E-state index < -0.39 is 0 Å². The predicted molar refractivity (Wildman–Crippen MR) is 103 cm³/mol. The highest BCUT2D eigenvalue weighted by molar-refractivity contribution is 5.92. The smallest absolute Gasteiger partial charge is 0.270 e. The SMILES string of the molecule is Cc1cc(C(=O)NCc2ccncc2)nc(Nc2ccc3c(c2)OCCO3)n1. The predicted octanol–water partition coefficient (Wildman–Crippen LogP) is 2.62. The fourth-order valence-corrected chi connectivity index (χ4v) is 2.76. The van der Waals surface area contributed by atoms with Gasteiger partial charge in [-0.05, 0) is 42.8 Å². The van der Waals surface area contributed by atoms with E-state index >= 15 is 0 Å². The van der Waals surface area contributed by atoms with Gasteiger partial charge in [0, 0.05) is 36.4 Å². The lowest BCUT2D eigenvalue weighted by molar-refractivity contribution is 0.0945. The summed E-state index contributed by atoms with van der Waals surface area (Å²) in [6.45, 7) is 3.27. The summed E-state index contributed by atoms with van der Waals surface area (Å²) in [5.74, 6) is 1.44. The van der Waals surface area contributed by atoms with Crippen LogP contribution in [0.2, 0.25) is 0 Å². The number of aromatic nitrogens is 3. The molecule has 3 aromatic rings. The van der Waals surface area contributed by atoms with Crippen molar-refractivity contribution in [2.24, 2.45) is 0 Å². The molecule has 0 unspecified atom stereocenters. The zero-order chi connectivity index (χ0) is 19.3. The van der Waals surface area contributed by atoms with E-state index in [1.165, 1.54) is 0 Å². The largest absolute Gasteiger partial charge is 0.486 e. The van der Waals surface area contributed by atoms with Gasteiger partial charge in [-0.1, -0.05) is 0 Å². The molecule has 1 aliphatic heterocycles. The van der Waals surface area contributed by atoms with Gasteiger partial charge in [-0.2, -0.15) is 0 Å². The summed E-state index contributed by atoms with van der Waals surface area (Å²) >= 11 is 0. The Morgan fingerprint density at radius 3 is 2.64 bits per heavy atom. The number of rotatable bonds is 5. The lowest BCUT2D eigenvalue weighted by Crippen LogP contribution is -2.24. The molecule has 0 saturated carbocycles. The number of anilines is 2. The molecule has 28 heavy (non-hydrogen) atoms. The topological polar surface area (TPSA) is 98.3 Å². The van der Waals surface area contributed by atoms with Crippen LogP contribution in [-0.2, 0) is 6.54 Å². The maximum Gasteiger partial charge on any atom is 0.270 e. The number of fused-ring (bicyclic) bond motifs is 1. The second-order valence-electron chi connectivity index (χ2n) is 6.24. The van der Waals surface area contributed by atoms with E-state index in [-0.39, 0.29) is 5.91 Å². The van der Waals surface area contributed by atoms with Gasteiger partial charge in [-0.15, -0.1) is 0 Å². The van der Waals surface area contributed by atoms with Crippen LogP contribution in [0, 0.1) is 6.92 Å². The van der Waals surface area contributed by atoms with Gasteiger partial charge >= 0.3 is 0 Å². The maximum absolute atomic E-state index is 12.5. The summed E-state index contributed by atoms with van der Waals surface area (Å²) in [5, 5.41) is 5.97. The molecule has 0 aliphatic carbocycles. The van der Waals surface area contributed by atoms with Gasteiger partial charge in [0.15, 0.2) is 11.5 Å².